The lowest BCUT2D eigenvalue weighted by Gasteiger charge is -2.43. The zero-order valence-electron chi connectivity index (χ0n) is 14.8. The maximum Gasteiger partial charge on any atom is 0.137 e. The Hall–Kier alpha value is -1.61. The Kier molecular flexibility index (Phi) is 4.21. The number of benzene rings is 1. The van der Waals surface area contributed by atoms with Gasteiger partial charge in [0.1, 0.15) is 6.29 Å². The number of carbonyl (C=O) groups is 1. The van der Waals surface area contributed by atoms with Gasteiger partial charge in [0, 0.05) is 17.1 Å². The molecule has 1 aromatic carbocycles. The van der Waals surface area contributed by atoms with E-state index in [2.05, 4.69) is 48.1 Å². The molecule has 1 aromatic heterocycles. The van der Waals surface area contributed by atoms with Gasteiger partial charge in [-0.05, 0) is 73.7 Å². The van der Waals surface area contributed by atoms with Gasteiger partial charge in [-0.25, -0.2) is 0 Å². The van der Waals surface area contributed by atoms with E-state index in [1.165, 1.54) is 47.6 Å². The van der Waals surface area contributed by atoms with Gasteiger partial charge in [-0.2, -0.15) is 0 Å². The number of rotatable bonds is 5. The van der Waals surface area contributed by atoms with Gasteiger partial charge in [0.25, 0.3) is 0 Å². The Labute approximate surface area is 144 Å². The molecule has 2 aromatic rings. The number of nitrogens with zero attached hydrogens (tertiary/aromatic N) is 1. The number of aromatic nitrogens is 1. The molecular weight excluding hydrogens is 296 g/mol. The number of aldehydes is 1. The van der Waals surface area contributed by atoms with Gasteiger partial charge in [0.2, 0.25) is 0 Å². The molecule has 0 saturated heterocycles. The SMILES string of the molecule is CCN(CC)C(C=O)C1CCC2Cc3c[nH]c4cccc(c34)C2C1. The minimum atomic E-state index is 0.0905. The van der Waals surface area contributed by atoms with Crippen molar-refractivity contribution in [3.63, 3.8) is 0 Å². The minimum absolute atomic E-state index is 0.0905. The number of H-pyrrole nitrogens is 1. The van der Waals surface area contributed by atoms with Gasteiger partial charge >= 0.3 is 0 Å². The van der Waals surface area contributed by atoms with Crippen LogP contribution in [0.25, 0.3) is 10.9 Å². The van der Waals surface area contributed by atoms with Crippen LogP contribution in [0.15, 0.2) is 24.4 Å². The molecule has 3 nitrogen and oxygen atoms in total. The van der Waals surface area contributed by atoms with Crippen LogP contribution in [0.4, 0.5) is 0 Å². The highest BCUT2D eigenvalue weighted by atomic mass is 16.1. The van der Waals surface area contributed by atoms with Crippen molar-refractivity contribution in [3.05, 3.63) is 35.5 Å². The highest BCUT2D eigenvalue weighted by molar-refractivity contribution is 5.88. The quantitative estimate of drug-likeness (QED) is 0.839. The molecule has 2 aliphatic carbocycles. The van der Waals surface area contributed by atoms with Gasteiger partial charge < -0.3 is 9.78 Å². The molecule has 1 heterocycles. The fourth-order valence-electron chi connectivity index (χ4n) is 5.38. The largest absolute Gasteiger partial charge is 0.361 e. The van der Waals surface area contributed by atoms with Gasteiger partial charge in [-0.15, -0.1) is 0 Å². The Bertz CT molecular complexity index is 731. The number of hydrogen-bond acceptors (Lipinski definition) is 2. The van der Waals surface area contributed by atoms with Crippen molar-refractivity contribution in [1.29, 1.82) is 0 Å². The first-order valence-corrected chi connectivity index (χ1v) is 9.55. The number of carbonyl (C=O) groups excluding carboxylic acids is 1. The Morgan fingerprint density at radius 3 is 2.88 bits per heavy atom. The second kappa shape index (κ2) is 6.36. The summed E-state index contributed by atoms with van der Waals surface area (Å²) in [7, 11) is 0. The molecule has 24 heavy (non-hydrogen) atoms. The number of nitrogens with one attached hydrogen (secondary N) is 1. The minimum Gasteiger partial charge on any atom is -0.361 e. The monoisotopic (exact) mass is 324 g/mol. The number of hydrogen-bond donors (Lipinski definition) is 1. The van der Waals surface area contributed by atoms with E-state index >= 15 is 0 Å². The van der Waals surface area contributed by atoms with Crippen LogP contribution in [0.3, 0.4) is 0 Å². The first kappa shape index (κ1) is 15.9. The Morgan fingerprint density at radius 1 is 1.29 bits per heavy atom. The molecule has 1 fully saturated rings. The summed E-state index contributed by atoms with van der Waals surface area (Å²) in [5.74, 6) is 1.87. The lowest BCUT2D eigenvalue weighted by atomic mass is 9.64. The third-order valence-corrected chi connectivity index (χ3v) is 6.59. The zero-order chi connectivity index (χ0) is 16.7. The van der Waals surface area contributed by atoms with E-state index in [1.54, 1.807) is 0 Å². The molecule has 128 valence electrons. The fraction of sp³-hybridized carbons (Fsp3) is 0.571. The van der Waals surface area contributed by atoms with Crippen molar-refractivity contribution in [2.24, 2.45) is 11.8 Å². The summed E-state index contributed by atoms with van der Waals surface area (Å²) in [6.07, 6.45) is 8.22. The molecular formula is C21H28N2O. The smallest absolute Gasteiger partial charge is 0.137 e. The van der Waals surface area contributed by atoms with Crippen LogP contribution >= 0.6 is 0 Å². The van der Waals surface area contributed by atoms with Crippen molar-refractivity contribution in [2.75, 3.05) is 13.1 Å². The molecule has 0 bridgehead atoms. The summed E-state index contributed by atoms with van der Waals surface area (Å²) in [4.78, 5) is 17.6. The van der Waals surface area contributed by atoms with E-state index in [0.717, 1.165) is 25.4 Å². The van der Waals surface area contributed by atoms with E-state index < -0.39 is 0 Å². The molecule has 0 aliphatic heterocycles. The number of likely N-dealkylation sites (N-methyl/N-ethyl adjacent to an activating group) is 1. The fourth-order valence-corrected chi connectivity index (χ4v) is 5.38. The molecule has 0 radical (unpaired) electrons. The van der Waals surface area contributed by atoms with Crippen LogP contribution in [-0.2, 0) is 11.2 Å². The van der Waals surface area contributed by atoms with Gasteiger partial charge in [-0.3, -0.25) is 4.90 Å². The molecule has 4 unspecified atom stereocenters. The van der Waals surface area contributed by atoms with E-state index in [0.29, 0.717) is 11.8 Å². The molecule has 4 rings (SSSR count). The van der Waals surface area contributed by atoms with Crippen LogP contribution in [0.2, 0.25) is 0 Å². The van der Waals surface area contributed by atoms with Crippen molar-refractivity contribution in [1.82, 2.24) is 9.88 Å². The average molecular weight is 324 g/mol. The van der Waals surface area contributed by atoms with E-state index in [9.17, 15) is 4.79 Å². The second-order valence-electron chi connectivity index (χ2n) is 7.58. The lowest BCUT2D eigenvalue weighted by Crippen LogP contribution is -2.44. The predicted molar refractivity (Wildman–Crippen MR) is 98.3 cm³/mol. The standard InChI is InChI=1S/C21H28N2O/c1-3-23(4-2)20(13-24)15-9-8-14-10-16-12-22-19-7-5-6-17(21(16)19)18(14)11-15/h5-7,12-15,18,20,22H,3-4,8-11H2,1-2H3. The van der Waals surface area contributed by atoms with Crippen LogP contribution in [0, 0.1) is 11.8 Å². The molecule has 1 saturated carbocycles. The highest BCUT2D eigenvalue weighted by Gasteiger charge is 2.39. The van der Waals surface area contributed by atoms with Crippen molar-refractivity contribution in [2.45, 2.75) is 51.5 Å². The molecule has 1 N–H and O–H groups in total. The molecule has 4 atom stereocenters. The van der Waals surface area contributed by atoms with Crippen molar-refractivity contribution in [3.8, 4) is 0 Å². The van der Waals surface area contributed by atoms with Crippen LogP contribution < -0.4 is 0 Å². The summed E-state index contributed by atoms with van der Waals surface area (Å²) >= 11 is 0. The highest BCUT2D eigenvalue weighted by Crippen LogP contribution is 2.49. The number of fused-ring (bicyclic) bond motifs is 2. The zero-order valence-corrected chi connectivity index (χ0v) is 14.8. The third kappa shape index (κ3) is 2.41. The first-order valence-electron chi connectivity index (χ1n) is 9.55. The Balaban J connectivity index is 1.66. The first-order chi connectivity index (χ1) is 11.8. The lowest BCUT2D eigenvalue weighted by molar-refractivity contribution is -0.114. The summed E-state index contributed by atoms with van der Waals surface area (Å²) in [6.45, 7) is 6.25. The van der Waals surface area contributed by atoms with Crippen LogP contribution in [0.1, 0.15) is 50.2 Å². The number of aromatic amines is 1. The van der Waals surface area contributed by atoms with E-state index in [-0.39, 0.29) is 6.04 Å². The van der Waals surface area contributed by atoms with Gasteiger partial charge in [0.05, 0.1) is 6.04 Å². The Morgan fingerprint density at radius 2 is 2.12 bits per heavy atom. The molecule has 3 heteroatoms. The normalized spacial score (nSPS) is 27.2. The van der Waals surface area contributed by atoms with Gasteiger partial charge in [-0.1, -0.05) is 26.0 Å². The maximum absolute atomic E-state index is 11.8. The third-order valence-electron chi connectivity index (χ3n) is 6.59. The molecule has 2 aliphatic rings. The molecule has 0 spiro atoms. The van der Waals surface area contributed by atoms with E-state index in [4.69, 9.17) is 0 Å². The molecule has 0 amide bonds. The topological polar surface area (TPSA) is 36.1 Å². The van der Waals surface area contributed by atoms with Crippen LogP contribution in [-0.4, -0.2) is 35.3 Å². The summed E-state index contributed by atoms with van der Waals surface area (Å²) in [5.41, 5.74) is 4.30. The van der Waals surface area contributed by atoms with Gasteiger partial charge in [0.15, 0.2) is 0 Å². The summed E-state index contributed by atoms with van der Waals surface area (Å²) in [6, 6.07) is 6.79. The van der Waals surface area contributed by atoms with Crippen molar-refractivity contribution < 1.29 is 4.79 Å². The average Bonchev–Trinajstić information content (AvgIpc) is 3.04. The predicted octanol–water partition coefficient (Wildman–Crippen LogP) is 4.13. The van der Waals surface area contributed by atoms with E-state index in [1.807, 2.05) is 0 Å². The second-order valence-corrected chi connectivity index (χ2v) is 7.58. The van der Waals surface area contributed by atoms with Crippen LogP contribution in [0.5, 0.6) is 0 Å². The summed E-state index contributed by atoms with van der Waals surface area (Å²) in [5, 5.41) is 1.46. The summed E-state index contributed by atoms with van der Waals surface area (Å²) < 4.78 is 0. The maximum atomic E-state index is 11.8. The van der Waals surface area contributed by atoms with Crippen molar-refractivity contribution >= 4 is 17.2 Å².